The molecule has 2 aliphatic rings. The first-order valence-electron chi connectivity index (χ1n) is 10.1. The van der Waals surface area contributed by atoms with Crippen molar-refractivity contribution in [1.29, 1.82) is 0 Å². The van der Waals surface area contributed by atoms with Crippen LogP contribution in [0.5, 0.6) is 11.6 Å². The molecule has 2 saturated heterocycles. The third-order valence-corrected chi connectivity index (χ3v) is 5.82. The summed E-state index contributed by atoms with van der Waals surface area (Å²) in [7, 11) is 0. The third kappa shape index (κ3) is 4.94. The van der Waals surface area contributed by atoms with Gasteiger partial charge in [-0.25, -0.2) is 4.98 Å². The molecule has 7 nitrogen and oxygen atoms in total. The molecular formula is C21H27N5O2S. The van der Waals surface area contributed by atoms with Gasteiger partial charge in [0.15, 0.2) is 0 Å². The molecule has 0 saturated carbocycles. The van der Waals surface area contributed by atoms with Gasteiger partial charge in [-0.15, -0.1) is 0 Å². The van der Waals surface area contributed by atoms with E-state index in [-0.39, 0.29) is 5.92 Å². The Hall–Kier alpha value is -2.45. The van der Waals surface area contributed by atoms with E-state index in [0.717, 1.165) is 69.2 Å². The number of carbonyl (C=O) groups is 1. The van der Waals surface area contributed by atoms with Crippen LogP contribution in [0.15, 0.2) is 42.6 Å². The van der Waals surface area contributed by atoms with Crippen LogP contribution in [0.4, 0.5) is 11.4 Å². The molecule has 1 aromatic heterocycles. The lowest BCUT2D eigenvalue weighted by atomic mass is 9.94. The molecule has 0 spiro atoms. The fraction of sp³-hybridized carbons (Fsp3) is 0.429. The summed E-state index contributed by atoms with van der Waals surface area (Å²) in [4.78, 5) is 21.3. The lowest BCUT2D eigenvalue weighted by Crippen LogP contribution is -2.50. The van der Waals surface area contributed by atoms with Crippen LogP contribution in [0.25, 0.3) is 0 Å². The maximum absolute atomic E-state index is 12.7. The first kappa shape index (κ1) is 19.8. The number of nitrogens with one attached hydrogen (secondary N) is 2. The van der Waals surface area contributed by atoms with Gasteiger partial charge >= 0.3 is 0 Å². The van der Waals surface area contributed by atoms with Gasteiger partial charge < -0.3 is 24.6 Å². The van der Waals surface area contributed by atoms with Crippen molar-refractivity contribution >= 4 is 30.1 Å². The lowest BCUT2D eigenvalue weighted by Gasteiger charge is -2.36. The Balaban J connectivity index is 1.30. The molecule has 8 heteroatoms. The average molecular weight is 414 g/mol. The number of aromatic nitrogens is 1. The molecule has 4 rings (SSSR count). The summed E-state index contributed by atoms with van der Waals surface area (Å²) < 4.78 is 8.53. The molecular weight excluding hydrogens is 386 g/mol. The van der Waals surface area contributed by atoms with Crippen LogP contribution in [0.1, 0.15) is 12.8 Å². The van der Waals surface area contributed by atoms with E-state index < -0.39 is 0 Å². The Morgan fingerprint density at radius 3 is 2.41 bits per heavy atom. The molecule has 3 heterocycles. The smallest absolute Gasteiger partial charge is 0.225 e. The van der Waals surface area contributed by atoms with Crippen molar-refractivity contribution in [2.75, 3.05) is 48.9 Å². The minimum atomic E-state index is 0.160. The molecule has 2 N–H and O–H groups in total. The van der Waals surface area contributed by atoms with Crippen molar-refractivity contribution in [3.63, 3.8) is 0 Å². The lowest BCUT2D eigenvalue weighted by molar-refractivity contribution is -0.136. The second-order valence-electron chi connectivity index (χ2n) is 7.43. The van der Waals surface area contributed by atoms with E-state index in [4.69, 9.17) is 4.74 Å². The van der Waals surface area contributed by atoms with Crippen LogP contribution in [-0.2, 0) is 4.79 Å². The third-order valence-electron chi connectivity index (χ3n) is 5.56. The van der Waals surface area contributed by atoms with Crippen LogP contribution >= 0.6 is 12.8 Å². The molecule has 29 heavy (non-hydrogen) atoms. The fourth-order valence-electron chi connectivity index (χ4n) is 3.88. The Kier molecular flexibility index (Phi) is 6.41. The summed E-state index contributed by atoms with van der Waals surface area (Å²) in [5.41, 5.74) is 1.97. The number of thiol groups is 1. The highest BCUT2D eigenvalue weighted by atomic mass is 32.1. The maximum Gasteiger partial charge on any atom is 0.225 e. The van der Waals surface area contributed by atoms with Crippen LogP contribution in [0.2, 0.25) is 0 Å². The number of piperazine rings is 1. The van der Waals surface area contributed by atoms with Gasteiger partial charge in [0.25, 0.3) is 0 Å². The summed E-state index contributed by atoms with van der Waals surface area (Å²) in [6, 6.07) is 11.7. The van der Waals surface area contributed by atoms with E-state index >= 15 is 0 Å². The van der Waals surface area contributed by atoms with Gasteiger partial charge in [-0.05, 0) is 43.2 Å². The Labute approximate surface area is 177 Å². The van der Waals surface area contributed by atoms with Gasteiger partial charge in [0.2, 0.25) is 11.8 Å². The number of benzene rings is 1. The number of hydrogen-bond acceptors (Lipinski definition) is 7. The molecule has 0 atom stereocenters. The minimum absolute atomic E-state index is 0.160. The largest absolute Gasteiger partial charge is 0.439 e. The van der Waals surface area contributed by atoms with Crippen LogP contribution < -0.4 is 19.7 Å². The number of hydrogen-bond donors (Lipinski definition) is 3. The van der Waals surface area contributed by atoms with Gasteiger partial charge in [-0.1, -0.05) is 12.8 Å². The summed E-state index contributed by atoms with van der Waals surface area (Å²) in [6.45, 7) is 5.30. The van der Waals surface area contributed by atoms with Crippen molar-refractivity contribution in [2.24, 2.45) is 5.92 Å². The summed E-state index contributed by atoms with van der Waals surface area (Å²) in [5.74, 6) is 1.78. The van der Waals surface area contributed by atoms with E-state index in [9.17, 15) is 4.79 Å². The zero-order valence-electron chi connectivity index (χ0n) is 16.4. The van der Waals surface area contributed by atoms with Gasteiger partial charge in [0, 0.05) is 56.9 Å². The fourth-order valence-corrected chi connectivity index (χ4v) is 4.01. The molecule has 1 amide bonds. The summed E-state index contributed by atoms with van der Waals surface area (Å²) >= 11 is 3.99. The number of nitrogens with zero attached hydrogens (tertiary/aromatic N) is 3. The normalized spacial score (nSPS) is 17.8. The molecule has 0 unspecified atom stereocenters. The minimum Gasteiger partial charge on any atom is -0.439 e. The second-order valence-corrected chi connectivity index (χ2v) is 7.65. The van der Waals surface area contributed by atoms with E-state index in [2.05, 4.69) is 44.9 Å². The van der Waals surface area contributed by atoms with Crippen LogP contribution in [-0.4, -0.2) is 55.1 Å². The highest BCUT2D eigenvalue weighted by Crippen LogP contribution is 2.28. The monoisotopic (exact) mass is 413 g/mol. The van der Waals surface area contributed by atoms with Gasteiger partial charge in [0.1, 0.15) is 5.75 Å². The average Bonchev–Trinajstić information content (AvgIpc) is 2.80. The number of carbonyl (C=O) groups excluding carboxylic acids is 1. The van der Waals surface area contributed by atoms with Crippen LogP contribution in [0.3, 0.4) is 0 Å². The predicted molar refractivity (Wildman–Crippen MR) is 118 cm³/mol. The topological polar surface area (TPSA) is 69.7 Å². The quantitative estimate of drug-likeness (QED) is 0.655. The molecule has 0 radical (unpaired) electrons. The van der Waals surface area contributed by atoms with E-state index in [1.54, 1.807) is 12.3 Å². The van der Waals surface area contributed by atoms with Crippen molar-refractivity contribution in [3.8, 4) is 11.6 Å². The molecule has 0 bridgehead atoms. The van der Waals surface area contributed by atoms with E-state index in [1.165, 1.54) is 0 Å². The molecule has 2 aliphatic heterocycles. The highest BCUT2D eigenvalue weighted by Gasteiger charge is 2.29. The predicted octanol–water partition coefficient (Wildman–Crippen LogP) is 2.78. The summed E-state index contributed by atoms with van der Waals surface area (Å²) in [6.07, 6.45) is 3.50. The Bertz CT molecular complexity index is 801. The van der Waals surface area contributed by atoms with E-state index in [0.29, 0.717) is 11.8 Å². The van der Waals surface area contributed by atoms with Crippen molar-refractivity contribution in [2.45, 2.75) is 12.8 Å². The molecule has 2 fully saturated rings. The summed E-state index contributed by atoms with van der Waals surface area (Å²) in [5, 5.41) is 3.30. The standard InChI is InChI=1S/C21H27N5O2S/c27-21(26-13-9-22-10-14-26)16-7-11-25(12-8-16)18-2-4-19(5-3-18)28-20-6-1-17(24-29)15-23-20/h1-6,15-16,22,24,29H,7-14H2. The van der Waals surface area contributed by atoms with Crippen LogP contribution in [0, 0.1) is 5.92 Å². The maximum atomic E-state index is 12.7. The highest BCUT2D eigenvalue weighted by molar-refractivity contribution is 7.81. The van der Waals surface area contributed by atoms with Gasteiger partial charge in [-0.2, -0.15) is 0 Å². The molecule has 1 aromatic carbocycles. The Morgan fingerprint density at radius 1 is 1.07 bits per heavy atom. The number of amides is 1. The number of anilines is 2. The van der Waals surface area contributed by atoms with Gasteiger partial charge in [0.05, 0.1) is 11.9 Å². The van der Waals surface area contributed by atoms with Crippen molar-refractivity contribution in [3.05, 3.63) is 42.6 Å². The first-order chi connectivity index (χ1) is 14.2. The van der Waals surface area contributed by atoms with Crippen molar-refractivity contribution < 1.29 is 9.53 Å². The molecule has 2 aromatic rings. The molecule has 154 valence electrons. The van der Waals surface area contributed by atoms with Crippen molar-refractivity contribution in [1.82, 2.24) is 15.2 Å². The number of ether oxygens (including phenoxy) is 1. The SMILES string of the molecule is O=C(C1CCN(c2ccc(Oc3ccc(NS)cn3)cc2)CC1)N1CCNCC1. The van der Waals surface area contributed by atoms with Gasteiger partial charge in [-0.3, -0.25) is 4.79 Å². The van der Waals surface area contributed by atoms with E-state index in [1.807, 2.05) is 23.1 Å². The second kappa shape index (κ2) is 9.37. The number of pyridine rings is 1. The number of piperidine rings is 1. The zero-order valence-corrected chi connectivity index (χ0v) is 17.3. The number of rotatable bonds is 5. The first-order valence-corrected chi connectivity index (χ1v) is 10.6. The molecule has 0 aliphatic carbocycles. The Morgan fingerprint density at radius 2 is 1.79 bits per heavy atom. The zero-order chi connectivity index (χ0) is 20.1.